The number of nitrogens with zero attached hydrogens (tertiary/aromatic N) is 3. The van der Waals surface area contributed by atoms with Crippen LogP contribution in [-0.2, 0) is 16.0 Å². The molecule has 1 aromatic carbocycles. The van der Waals surface area contributed by atoms with Gasteiger partial charge in [-0.2, -0.15) is 0 Å². The van der Waals surface area contributed by atoms with E-state index in [-0.39, 0.29) is 17.6 Å². The monoisotopic (exact) mass is 488 g/mol. The number of rotatable bonds is 8. The van der Waals surface area contributed by atoms with Gasteiger partial charge in [0.1, 0.15) is 0 Å². The molecule has 0 amide bonds. The molecule has 1 unspecified atom stereocenters. The van der Waals surface area contributed by atoms with Crippen LogP contribution in [0.15, 0.2) is 29.4 Å². The minimum Gasteiger partial charge on any atom is -0.465 e. The number of Topliss-reactive ketones (excluding diaryl/α,β-unsaturated/α-hetero) is 1. The number of hydrogen-bond donors (Lipinski definition) is 1. The fourth-order valence-corrected chi connectivity index (χ4v) is 4.95. The molecule has 1 atom stereocenters. The fraction of sp³-hybridized carbons (Fsp3) is 0.391. The number of ketones is 1. The first kappa shape index (κ1) is 23.5. The van der Waals surface area contributed by atoms with E-state index in [4.69, 9.17) is 21.1 Å². The third-order valence-corrected chi connectivity index (χ3v) is 6.89. The highest BCUT2D eigenvalue weighted by atomic mass is 35.5. The lowest BCUT2D eigenvalue weighted by molar-refractivity contribution is 0.0599. The third kappa shape index (κ3) is 5.00. The van der Waals surface area contributed by atoms with Crippen molar-refractivity contribution >= 4 is 35.1 Å². The summed E-state index contributed by atoms with van der Waals surface area (Å²) in [5, 5.41) is 10.0. The summed E-state index contributed by atoms with van der Waals surface area (Å²) >= 11 is 7.35. The maximum absolute atomic E-state index is 13.0. The minimum absolute atomic E-state index is 0.0815. The van der Waals surface area contributed by atoms with Crippen molar-refractivity contribution in [2.45, 2.75) is 44.5 Å². The minimum atomic E-state index is -0.461. The van der Waals surface area contributed by atoms with Crippen LogP contribution < -0.4 is 0 Å². The highest BCUT2D eigenvalue weighted by Gasteiger charge is 2.25. The van der Waals surface area contributed by atoms with Crippen LogP contribution in [0.3, 0.4) is 0 Å². The van der Waals surface area contributed by atoms with Crippen LogP contribution >= 0.6 is 23.4 Å². The van der Waals surface area contributed by atoms with Gasteiger partial charge in [0.25, 0.3) is 0 Å². The van der Waals surface area contributed by atoms with E-state index in [1.54, 1.807) is 13.8 Å². The zero-order valence-electron chi connectivity index (χ0n) is 18.7. The number of aryl methyl sites for hydroxylation is 1. The second-order valence-corrected chi connectivity index (χ2v) is 9.27. The quantitative estimate of drug-likeness (QED) is 0.283. The number of benzene rings is 1. The van der Waals surface area contributed by atoms with Crippen molar-refractivity contribution in [3.05, 3.63) is 51.8 Å². The molecule has 1 aliphatic rings. The molecule has 1 saturated heterocycles. The van der Waals surface area contributed by atoms with Gasteiger partial charge in [-0.3, -0.25) is 9.36 Å². The number of nitrogens with one attached hydrogen (secondary N) is 1. The van der Waals surface area contributed by atoms with E-state index in [9.17, 15) is 9.59 Å². The van der Waals surface area contributed by atoms with Crippen LogP contribution in [0, 0.1) is 13.8 Å². The van der Waals surface area contributed by atoms with Gasteiger partial charge >= 0.3 is 5.97 Å². The average Bonchev–Trinajstić information content (AvgIpc) is 3.53. The summed E-state index contributed by atoms with van der Waals surface area (Å²) < 4.78 is 12.7. The zero-order chi connectivity index (χ0) is 23.5. The molecule has 4 rings (SSSR count). The lowest BCUT2D eigenvalue weighted by Gasteiger charge is -2.14. The number of methoxy groups -OCH3 is 1. The molecule has 0 radical (unpaired) electrons. The van der Waals surface area contributed by atoms with Crippen molar-refractivity contribution in [1.29, 1.82) is 0 Å². The number of halogens is 1. The molecule has 1 N–H and O–H groups in total. The molecule has 0 aliphatic carbocycles. The molecular formula is C23H25ClN4O4S. The Kier molecular flexibility index (Phi) is 7.21. The van der Waals surface area contributed by atoms with E-state index < -0.39 is 5.97 Å². The van der Waals surface area contributed by atoms with Crippen LogP contribution in [0.25, 0.3) is 11.4 Å². The van der Waals surface area contributed by atoms with E-state index in [0.717, 1.165) is 25.0 Å². The fourth-order valence-electron chi connectivity index (χ4n) is 4.00. The van der Waals surface area contributed by atoms with Crippen molar-refractivity contribution in [2.75, 3.05) is 19.5 Å². The highest BCUT2D eigenvalue weighted by Crippen LogP contribution is 2.28. The van der Waals surface area contributed by atoms with Crippen LogP contribution in [-0.4, -0.2) is 57.1 Å². The molecule has 3 heterocycles. The summed E-state index contributed by atoms with van der Waals surface area (Å²) in [4.78, 5) is 28.1. The predicted octanol–water partition coefficient (Wildman–Crippen LogP) is 4.48. The van der Waals surface area contributed by atoms with Crippen LogP contribution in [0.4, 0.5) is 0 Å². The smallest absolute Gasteiger partial charge is 0.339 e. The Morgan fingerprint density at radius 3 is 2.70 bits per heavy atom. The summed E-state index contributed by atoms with van der Waals surface area (Å²) in [7, 11) is 1.32. The van der Waals surface area contributed by atoms with Crippen LogP contribution in [0.5, 0.6) is 0 Å². The molecule has 174 valence electrons. The van der Waals surface area contributed by atoms with E-state index in [1.807, 2.05) is 28.8 Å². The Bertz CT molecular complexity index is 1170. The summed E-state index contributed by atoms with van der Waals surface area (Å²) in [6, 6.07) is 7.43. The topological polar surface area (TPSA) is 99.1 Å². The molecule has 33 heavy (non-hydrogen) atoms. The van der Waals surface area contributed by atoms with Crippen LogP contribution in [0.1, 0.15) is 44.9 Å². The Balaban J connectivity index is 1.57. The van der Waals surface area contributed by atoms with Crippen molar-refractivity contribution in [3.8, 4) is 11.4 Å². The summed E-state index contributed by atoms with van der Waals surface area (Å²) in [6.45, 7) is 4.85. The number of esters is 1. The van der Waals surface area contributed by atoms with Gasteiger partial charge in [0.2, 0.25) is 0 Å². The van der Waals surface area contributed by atoms with Crippen molar-refractivity contribution in [1.82, 2.24) is 19.7 Å². The van der Waals surface area contributed by atoms with Gasteiger partial charge in [-0.25, -0.2) is 4.79 Å². The summed E-state index contributed by atoms with van der Waals surface area (Å²) in [5.41, 5.74) is 2.90. The van der Waals surface area contributed by atoms with Crippen LogP contribution in [0.2, 0.25) is 5.02 Å². The number of H-pyrrole nitrogens is 1. The second-order valence-electron chi connectivity index (χ2n) is 7.89. The van der Waals surface area contributed by atoms with Gasteiger partial charge in [-0.1, -0.05) is 23.4 Å². The van der Waals surface area contributed by atoms with E-state index in [2.05, 4.69) is 15.2 Å². The molecule has 0 spiro atoms. The lowest BCUT2D eigenvalue weighted by atomic mass is 10.1. The van der Waals surface area contributed by atoms with Gasteiger partial charge in [0.05, 0.1) is 36.8 Å². The van der Waals surface area contributed by atoms with E-state index >= 15 is 0 Å². The molecule has 0 bridgehead atoms. The largest absolute Gasteiger partial charge is 0.465 e. The normalized spacial score (nSPS) is 15.7. The maximum atomic E-state index is 13.0. The maximum Gasteiger partial charge on any atom is 0.339 e. The standard InChI is InChI=1S/C23H25ClN4O4S/c1-13-19(22(30)31-3)14(2)25-20(13)18(29)12-33-23-27-26-21(15-6-8-16(24)9-7-15)28(23)11-17-5-4-10-32-17/h6-9,17,25H,4-5,10-12H2,1-3H3. The average molecular weight is 489 g/mol. The first-order valence-corrected chi connectivity index (χ1v) is 12.0. The lowest BCUT2D eigenvalue weighted by Crippen LogP contribution is -2.17. The number of hydrogen-bond acceptors (Lipinski definition) is 7. The molecule has 2 aromatic heterocycles. The molecule has 1 fully saturated rings. The number of carbonyl (C=O) groups is 2. The highest BCUT2D eigenvalue weighted by molar-refractivity contribution is 7.99. The van der Waals surface area contributed by atoms with Gasteiger partial charge in [-0.15, -0.1) is 10.2 Å². The number of ether oxygens (including phenoxy) is 2. The first-order chi connectivity index (χ1) is 15.9. The summed E-state index contributed by atoms with van der Waals surface area (Å²) in [6.07, 6.45) is 2.08. The van der Waals surface area contributed by atoms with Crippen molar-refractivity contribution < 1.29 is 19.1 Å². The van der Waals surface area contributed by atoms with Crippen molar-refractivity contribution in [2.24, 2.45) is 0 Å². The van der Waals surface area contributed by atoms with E-state index in [1.165, 1.54) is 18.9 Å². The Morgan fingerprint density at radius 1 is 1.27 bits per heavy atom. The molecular weight excluding hydrogens is 464 g/mol. The number of thioether (sulfide) groups is 1. The molecule has 8 nitrogen and oxygen atoms in total. The molecule has 1 aliphatic heterocycles. The second kappa shape index (κ2) is 10.1. The predicted molar refractivity (Wildman–Crippen MR) is 126 cm³/mol. The van der Waals surface area contributed by atoms with Gasteiger partial charge in [0, 0.05) is 22.9 Å². The Hall–Kier alpha value is -2.62. The Morgan fingerprint density at radius 2 is 2.03 bits per heavy atom. The molecule has 10 heteroatoms. The van der Waals surface area contributed by atoms with Gasteiger partial charge in [0.15, 0.2) is 16.8 Å². The molecule has 3 aromatic rings. The third-order valence-electron chi connectivity index (χ3n) is 5.67. The van der Waals surface area contributed by atoms with E-state index in [0.29, 0.717) is 45.1 Å². The van der Waals surface area contributed by atoms with Gasteiger partial charge in [-0.05, 0) is 56.5 Å². The zero-order valence-corrected chi connectivity index (χ0v) is 20.3. The molecule has 0 saturated carbocycles. The first-order valence-electron chi connectivity index (χ1n) is 10.6. The SMILES string of the molecule is COC(=O)c1c(C)[nH]c(C(=O)CSc2nnc(-c3ccc(Cl)cc3)n2CC2CCCO2)c1C. The Labute approximate surface area is 201 Å². The summed E-state index contributed by atoms with van der Waals surface area (Å²) in [5.74, 6) is 0.260. The van der Waals surface area contributed by atoms with Gasteiger partial charge < -0.3 is 14.5 Å². The number of carbonyl (C=O) groups excluding carboxylic acids is 2. The number of aromatic amines is 1. The number of aromatic nitrogens is 4. The van der Waals surface area contributed by atoms with Crippen molar-refractivity contribution in [3.63, 3.8) is 0 Å².